The summed E-state index contributed by atoms with van der Waals surface area (Å²) in [5.41, 5.74) is 17.1. The Morgan fingerprint density at radius 2 is 1.59 bits per heavy atom. The molecule has 0 aliphatic carbocycles. The van der Waals surface area contributed by atoms with Crippen molar-refractivity contribution in [3.05, 3.63) is 23.5 Å². The normalized spacial score (nSPS) is 12.4. The molecule has 0 atom stereocenters. The topological polar surface area (TPSA) is 143 Å². The molecule has 17 heavy (non-hydrogen) atoms. The van der Waals surface area contributed by atoms with Crippen LogP contribution in [-0.4, -0.2) is 29.2 Å². The lowest BCUT2D eigenvalue weighted by Crippen LogP contribution is -2.21. The summed E-state index contributed by atoms with van der Waals surface area (Å²) in [6.45, 7) is 1.65. The molecular weight excluding hydrogens is 220 g/mol. The van der Waals surface area contributed by atoms with Gasteiger partial charge in [-0.15, -0.1) is 10.2 Å². The van der Waals surface area contributed by atoms with E-state index in [1.807, 2.05) is 6.07 Å². The second-order valence-electron chi connectivity index (χ2n) is 3.12. The summed E-state index contributed by atoms with van der Waals surface area (Å²) in [4.78, 5) is 3.00. The van der Waals surface area contributed by atoms with Gasteiger partial charge < -0.3 is 22.2 Å². The van der Waals surface area contributed by atoms with E-state index in [9.17, 15) is 0 Å². The largest absolute Gasteiger partial charge is 0.386 e. The standard InChI is InChI=1S/C9H14N8/c1-6(10)16-13-4-7-2-3-8(15-7)5-14-17-9(11)12/h2-5,15H,1H3,(H2,10,16)(H4,11,12,17)/b13-4+,14-5+. The number of hydrogen-bond acceptors (Lipinski definition) is 4. The second kappa shape index (κ2) is 6.05. The van der Waals surface area contributed by atoms with E-state index in [0.29, 0.717) is 5.84 Å². The van der Waals surface area contributed by atoms with Crippen LogP contribution in [0.1, 0.15) is 18.3 Å². The van der Waals surface area contributed by atoms with E-state index in [-0.39, 0.29) is 5.96 Å². The molecule has 1 rings (SSSR count). The first-order valence-electron chi connectivity index (χ1n) is 4.72. The van der Waals surface area contributed by atoms with Gasteiger partial charge in [0.05, 0.1) is 23.8 Å². The van der Waals surface area contributed by atoms with Crippen LogP contribution in [0.5, 0.6) is 0 Å². The minimum Gasteiger partial charge on any atom is -0.386 e. The second-order valence-corrected chi connectivity index (χ2v) is 3.12. The number of aromatic amines is 1. The molecule has 0 bridgehead atoms. The number of nitrogens with one attached hydrogen (secondary N) is 1. The first-order chi connectivity index (χ1) is 8.08. The van der Waals surface area contributed by atoms with Crippen LogP contribution in [0.25, 0.3) is 0 Å². The van der Waals surface area contributed by atoms with Gasteiger partial charge in [-0.3, -0.25) is 0 Å². The zero-order valence-electron chi connectivity index (χ0n) is 9.33. The van der Waals surface area contributed by atoms with E-state index >= 15 is 0 Å². The quantitative estimate of drug-likeness (QED) is 0.311. The maximum absolute atomic E-state index is 5.32. The highest BCUT2D eigenvalue weighted by Crippen LogP contribution is 1.97. The predicted molar refractivity (Wildman–Crippen MR) is 69.1 cm³/mol. The Hall–Kier alpha value is -2.64. The minimum atomic E-state index is -0.0950. The Balaban J connectivity index is 2.66. The number of aromatic nitrogens is 1. The fraction of sp³-hybridized carbons (Fsp3) is 0.111. The van der Waals surface area contributed by atoms with E-state index < -0.39 is 0 Å². The van der Waals surface area contributed by atoms with E-state index in [1.165, 1.54) is 12.4 Å². The van der Waals surface area contributed by atoms with E-state index in [0.717, 1.165) is 11.4 Å². The summed E-state index contributed by atoms with van der Waals surface area (Å²) < 4.78 is 0. The van der Waals surface area contributed by atoms with Crippen molar-refractivity contribution in [2.75, 3.05) is 0 Å². The van der Waals surface area contributed by atoms with Crippen molar-refractivity contribution in [2.45, 2.75) is 6.92 Å². The number of hydrogen-bond donors (Lipinski definition) is 4. The van der Waals surface area contributed by atoms with Gasteiger partial charge in [-0.25, -0.2) is 0 Å². The average Bonchev–Trinajstić information content (AvgIpc) is 2.65. The van der Waals surface area contributed by atoms with E-state index in [1.54, 1.807) is 13.0 Å². The Morgan fingerprint density at radius 3 is 2.06 bits per heavy atom. The molecule has 1 heterocycles. The summed E-state index contributed by atoms with van der Waals surface area (Å²) >= 11 is 0. The molecule has 1 aromatic heterocycles. The van der Waals surface area contributed by atoms with Gasteiger partial charge in [0.2, 0.25) is 5.96 Å². The molecule has 90 valence electrons. The average molecular weight is 234 g/mol. The number of amidine groups is 1. The van der Waals surface area contributed by atoms with Crippen LogP contribution in [-0.2, 0) is 0 Å². The van der Waals surface area contributed by atoms with Crippen LogP contribution in [0.4, 0.5) is 0 Å². The third-order valence-corrected chi connectivity index (χ3v) is 1.51. The lowest BCUT2D eigenvalue weighted by Gasteiger charge is -1.86. The van der Waals surface area contributed by atoms with Crippen molar-refractivity contribution in [1.82, 2.24) is 4.98 Å². The van der Waals surface area contributed by atoms with Crippen LogP contribution in [0.15, 0.2) is 32.5 Å². The van der Waals surface area contributed by atoms with Gasteiger partial charge in [0.1, 0.15) is 5.84 Å². The molecule has 7 N–H and O–H groups in total. The highest BCUT2D eigenvalue weighted by Gasteiger charge is 1.92. The molecule has 0 spiro atoms. The molecule has 0 aliphatic rings. The maximum atomic E-state index is 5.32. The maximum Gasteiger partial charge on any atom is 0.211 e. The molecule has 1 aromatic rings. The number of H-pyrrole nitrogens is 1. The number of nitrogens with two attached hydrogens (primary N) is 3. The lowest BCUT2D eigenvalue weighted by molar-refractivity contribution is 1.20. The van der Waals surface area contributed by atoms with Crippen molar-refractivity contribution < 1.29 is 0 Å². The third kappa shape index (κ3) is 5.11. The minimum absolute atomic E-state index is 0.0950. The number of guanidine groups is 1. The molecule has 8 nitrogen and oxygen atoms in total. The predicted octanol–water partition coefficient (Wildman–Crippen LogP) is -0.667. The van der Waals surface area contributed by atoms with Gasteiger partial charge in [0, 0.05) is 0 Å². The van der Waals surface area contributed by atoms with Crippen LogP contribution in [0.2, 0.25) is 0 Å². The summed E-state index contributed by atoms with van der Waals surface area (Å²) in [5, 5.41) is 14.5. The van der Waals surface area contributed by atoms with Gasteiger partial charge in [-0.1, -0.05) is 0 Å². The van der Waals surface area contributed by atoms with Gasteiger partial charge in [-0.05, 0) is 19.1 Å². The molecular formula is C9H14N8. The summed E-state index contributed by atoms with van der Waals surface area (Å²) in [7, 11) is 0. The number of rotatable bonds is 4. The third-order valence-electron chi connectivity index (χ3n) is 1.51. The van der Waals surface area contributed by atoms with Gasteiger partial charge >= 0.3 is 0 Å². The Bertz CT molecular complexity index is 428. The zero-order chi connectivity index (χ0) is 12.7. The SMILES string of the molecule is CC(N)=N/N=C/c1ccc(/C=N/N=C(N)N)[nH]1. The highest BCUT2D eigenvalue weighted by molar-refractivity contribution is 5.84. The highest BCUT2D eigenvalue weighted by atomic mass is 15.3. The fourth-order valence-electron chi connectivity index (χ4n) is 0.920. The molecule has 0 saturated heterocycles. The van der Waals surface area contributed by atoms with Gasteiger partial charge in [-0.2, -0.15) is 10.2 Å². The first-order valence-corrected chi connectivity index (χ1v) is 4.72. The molecule has 0 saturated carbocycles. The summed E-state index contributed by atoms with van der Waals surface area (Å²) in [6, 6.07) is 3.60. The lowest BCUT2D eigenvalue weighted by atomic mass is 10.4. The molecule has 0 aliphatic heterocycles. The van der Waals surface area contributed by atoms with E-state index in [2.05, 4.69) is 25.4 Å². The van der Waals surface area contributed by atoms with E-state index in [4.69, 9.17) is 17.2 Å². The van der Waals surface area contributed by atoms with Crippen molar-refractivity contribution in [2.24, 2.45) is 37.6 Å². The fourth-order valence-corrected chi connectivity index (χ4v) is 0.920. The molecule has 0 aromatic carbocycles. The van der Waals surface area contributed by atoms with Gasteiger partial charge in [0.25, 0.3) is 0 Å². The molecule has 0 radical (unpaired) electrons. The Kier molecular flexibility index (Phi) is 4.43. The molecule has 8 heteroatoms. The smallest absolute Gasteiger partial charge is 0.211 e. The summed E-state index contributed by atoms with van der Waals surface area (Å²) in [5.74, 6) is 0.296. The van der Waals surface area contributed by atoms with Crippen molar-refractivity contribution in [3.8, 4) is 0 Å². The van der Waals surface area contributed by atoms with Crippen molar-refractivity contribution in [3.63, 3.8) is 0 Å². The van der Waals surface area contributed by atoms with Crippen LogP contribution >= 0.6 is 0 Å². The summed E-state index contributed by atoms with van der Waals surface area (Å²) in [6.07, 6.45) is 3.02. The monoisotopic (exact) mass is 234 g/mol. The molecule has 0 fully saturated rings. The van der Waals surface area contributed by atoms with Crippen LogP contribution in [0.3, 0.4) is 0 Å². The van der Waals surface area contributed by atoms with Crippen molar-refractivity contribution in [1.29, 1.82) is 0 Å². The Morgan fingerprint density at radius 1 is 1.06 bits per heavy atom. The molecule has 0 amide bonds. The van der Waals surface area contributed by atoms with Crippen LogP contribution < -0.4 is 17.2 Å². The van der Waals surface area contributed by atoms with Crippen LogP contribution in [0, 0.1) is 0 Å². The van der Waals surface area contributed by atoms with Gasteiger partial charge in [0.15, 0.2) is 0 Å². The Labute approximate surface area is 98.0 Å². The molecule has 0 unspecified atom stereocenters. The first kappa shape index (κ1) is 12.4. The van der Waals surface area contributed by atoms with Crippen molar-refractivity contribution >= 4 is 24.2 Å². The number of nitrogens with zero attached hydrogens (tertiary/aromatic N) is 4. The zero-order valence-corrected chi connectivity index (χ0v) is 9.33.